The van der Waals surface area contributed by atoms with E-state index in [-0.39, 0.29) is 6.61 Å². The van der Waals surface area contributed by atoms with Crippen molar-refractivity contribution in [2.75, 3.05) is 26.8 Å². The molecule has 0 radical (unpaired) electrons. The molecule has 1 fully saturated rings. The van der Waals surface area contributed by atoms with Crippen LogP contribution in [0.15, 0.2) is 4.52 Å². The molecule has 1 aliphatic heterocycles. The van der Waals surface area contributed by atoms with Crippen molar-refractivity contribution in [1.82, 2.24) is 15.0 Å². The van der Waals surface area contributed by atoms with Gasteiger partial charge in [0, 0.05) is 13.7 Å². The van der Waals surface area contributed by atoms with Crippen molar-refractivity contribution < 1.29 is 19.5 Å². The Labute approximate surface area is 105 Å². The average molecular weight is 257 g/mol. The number of hydrogen-bond acceptors (Lipinski definition) is 7. The van der Waals surface area contributed by atoms with E-state index in [1.165, 1.54) is 0 Å². The van der Waals surface area contributed by atoms with E-state index in [2.05, 4.69) is 10.1 Å². The smallest absolute Gasteiger partial charge is 0.252 e. The lowest BCUT2D eigenvalue weighted by Crippen LogP contribution is -2.50. The fourth-order valence-electron chi connectivity index (χ4n) is 2.21. The summed E-state index contributed by atoms with van der Waals surface area (Å²) in [5.41, 5.74) is -1.00. The Bertz CT molecular complexity index is 384. The summed E-state index contributed by atoms with van der Waals surface area (Å²) in [7, 11) is 1.57. The quantitative estimate of drug-likeness (QED) is 0.737. The van der Waals surface area contributed by atoms with E-state index >= 15 is 0 Å². The number of aromatic nitrogens is 2. The number of β-amino-alcohol motifs (C(OH)–C–C–N with tert-alkyl or cyclic N) is 1. The first-order valence-corrected chi connectivity index (χ1v) is 6.01. The third kappa shape index (κ3) is 3.26. The summed E-state index contributed by atoms with van der Waals surface area (Å²) in [5, 5.41) is 23.1. The molecule has 1 unspecified atom stereocenters. The minimum Gasteiger partial charge on any atom is -0.393 e. The Hall–Kier alpha value is -1.02. The highest BCUT2D eigenvalue weighted by molar-refractivity contribution is 4.91. The highest BCUT2D eigenvalue weighted by Crippen LogP contribution is 2.21. The Morgan fingerprint density at radius 1 is 1.56 bits per heavy atom. The van der Waals surface area contributed by atoms with Crippen LogP contribution < -0.4 is 0 Å². The maximum Gasteiger partial charge on any atom is 0.252 e. The number of ether oxygens (including phenoxy) is 1. The van der Waals surface area contributed by atoms with Crippen LogP contribution in [0.2, 0.25) is 0 Å². The van der Waals surface area contributed by atoms with Crippen LogP contribution >= 0.6 is 0 Å². The Morgan fingerprint density at radius 2 is 2.39 bits per heavy atom. The molecule has 0 saturated carbocycles. The number of likely N-dealkylation sites (tertiary alicyclic amines) is 1. The molecule has 7 heteroatoms. The van der Waals surface area contributed by atoms with Crippen LogP contribution in [0.1, 0.15) is 24.6 Å². The van der Waals surface area contributed by atoms with E-state index in [0.717, 1.165) is 13.0 Å². The Balaban J connectivity index is 1.92. The van der Waals surface area contributed by atoms with Gasteiger partial charge in [0.2, 0.25) is 0 Å². The fraction of sp³-hybridized carbons (Fsp3) is 0.818. The molecule has 1 aromatic heterocycles. The van der Waals surface area contributed by atoms with Crippen molar-refractivity contribution in [3.8, 4) is 0 Å². The lowest BCUT2D eigenvalue weighted by molar-refractivity contribution is -0.0692. The summed E-state index contributed by atoms with van der Waals surface area (Å²) in [6.07, 6.45) is 1.47. The zero-order valence-corrected chi connectivity index (χ0v) is 10.5. The van der Waals surface area contributed by atoms with Crippen molar-refractivity contribution in [3.05, 3.63) is 11.7 Å². The predicted molar refractivity (Wildman–Crippen MR) is 61.6 cm³/mol. The minimum atomic E-state index is -1.00. The maximum absolute atomic E-state index is 10.0. The molecule has 0 bridgehead atoms. The number of aliphatic hydroxyl groups excluding tert-OH is 1. The molecule has 2 N–H and O–H groups in total. The predicted octanol–water partition coefficient (Wildman–Crippen LogP) is -0.465. The van der Waals surface area contributed by atoms with Crippen LogP contribution in [0, 0.1) is 0 Å². The fourth-order valence-corrected chi connectivity index (χ4v) is 2.21. The number of rotatable bonds is 5. The zero-order chi connectivity index (χ0) is 13.0. The van der Waals surface area contributed by atoms with Crippen molar-refractivity contribution in [3.63, 3.8) is 0 Å². The van der Waals surface area contributed by atoms with E-state index in [0.29, 0.717) is 37.8 Å². The number of aliphatic hydroxyl groups is 2. The van der Waals surface area contributed by atoms with Crippen LogP contribution in [-0.2, 0) is 17.9 Å². The molecule has 0 spiro atoms. The van der Waals surface area contributed by atoms with Crippen molar-refractivity contribution >= 4 is 0 Å². The van der Waals surface area contributed by atoms with Gasteiger partial charge in [-0.3, -0.25) is 4.90 Å². The third-order valence-electron chi connectivity index (χ3n) is 3.07. The topological polar surface area (TPSA) is 91.9 Å². The normalized spacial score (nSPS) is 25.5. The van der Waals surface area contributed by atoms with Crippen LogP contribution in [0.3, 0.4) is 0 Å². The standard InChI is InChI=1S/C11H19N3O4/c1-17-6-10-12-9(13-18-10)5-14-4-2-3-11(16,7-14)8-15/h15-16H,2-8H2,1H3. The first-order chi connectivity index (χ1) is 8.65. The van der Waals surface area contributed by atoms with Gasteiger partial charge in [0.15, 0.2) is 5.82 Å². The number of methoxy groups -OCH3 is 1. The third-order valence-corrected chi connectivity index (χ3v) is 3.07. The van der Waals surface area contributed by atoms with Crippen LogP contribution in [0.4, 0.5) is 0 Å². The maximum atomic E-state index is 10.0. The summed E-state index contributed by atoms with van der Waals surface area (Å²) >= 11 is 0. The molecule has 2 rings (SSSR count). The highest BCUT2D eigenvalue weighted by Gasteiger charge is 2.32. The Morgan fingerprint density at radius 3 is 3.11 bits per heavy atom. The second-order valence-electron chi connectivity index (χ2n) is 4.73. The molecule has 102 valence electrons. The molecule has 7 nitrogen and oxygen atoms in total. The van der Waals surface area contributed by atoms with Gasteiger partial charge in [0.1, 0.15) is 12.2 Å². The molecular weight excluding hydrogens is 238 g/mol. The SMILES string of the molecule is COCc1nc(CN2CCCC(O)(CO)C2)no1. The largest absolute Gasteiger partial charge is 0.393 e. The molecule has 1 saturated heterocycles. The number of hydrogen-bond donors (Lipinski definition) is 2. The van der Waals surface area contributed by atoms with E-state index < -0.39 is 5.60 Å². The number of nitrogens with zero attached hydrogens (tertiary/aromatic N) is 3. The lowest BCUT2D eigenvalue weighted by atomic mass is 9.94. The molecular formula is C11H19N3O4. The lowest BCUT2D eigenvalue weighted by Gasteiger charge is -2.37. The molecule has 1 aliphatic rings. The molecule has 0 aromatic carbocycles. The van der Waals surface area contributed by atoms with Crippen LogP contribution in [-0.4, -0.2) is 57.7 Å². The molecule has 0 amide bonds. The molecule has 0 aliphatic carbocycles. The molecule has 18 heavy (non-hydrogen) atoms. The minimum absolute atomic E-state index is 0.218. The highest BCUT2D eigenvalue weighted by atomic mass is 16.5. The molecule has 1 aromatic rings. The average Bonchev–Trinajstić information content (AvgIpc) is 2.77. The number of piperidine rings is 1. The van der Waals surface area contributed by atoms with Crippen molar-refractivity contribution in [2.45, 2.75) is 31.6 Å². The van der Waals surface area contributed by atoms with Crippen molar-refractivity contribution in [2.24, 2.45) is 0 Å². The summed E-state index contributed by atoms with van der Waals surface area (Å²) in [6, 6.07) is 0. The van der Waals surface area contributed by atoms with Gasteiger partial charge in [0.25, 0.3) is 5.89 Å². The van der Waals surface area contributed by atoms with Gasteiger partial charge in [-0.25, -0.2) is 0 Å². The summed E-state index contributed by atoms with van der Waals surface area (Å²) < 4.78 is 9.90. The summed E-state index contributed by atoms with van der Waals surface area (Å²) in [6.45, 7) is 1.88. The van der Waals surface area contributed by atoms with E-state index in [4.69, 9.17) is 14.4 Å². The van der Waals surface area contributed by atoms with Crippen molar-refractivity contribution in [1.29, 1.82) is 0 Å². The van der Waals surface area contributed by atoms with E-state index in [9.17, 15) is 5.11 Å². The second kappa shape index (κ2) is 5.75. The van der Waals surface area contributed by atoms with Gasteiger partial charge in [-0.1, -0.05) is 5.16 Å². The van der Waals surface area contributed by atoms with Gasteiger partial charge in [-0.2, -0.15) is 4.98 Å². The second-order valence-corrected chi connectivity index (χ2v) is 4.73. The Kier molecular flexibility index (Phi) is 4.28. The zero-order valence-electron chi connectivity index (χ0n) is 10.5. The van der Waals surface area contributed by atoms with E-state index in [1.54, 1.807) is 7.11 Å². The molecule has 1 atom stereocenters. The summed E-state index contributed by atoms with van der Waals surface area (Å²) in [4.78, 5) is 6.19. The monoisotopic (exact) mass is 257 g/mol. The molecule has 2 heterocycles. The summed E-state index contributed by atoms with van der Waals surface area (Å²) in [5.74, 6) is 1.02. The van der Waals surface area contributed by atoms with Gasteiger partial charge in [-0.05, 0) is 19.4 Å². The van der Waals surface area contributed by atoms with Crippen LogP contribution in [0.5, 0.6) is 0 Å². The van der Waals surface area contributed by atoms with E-state index in [1.807, 2.05) is 4.90 Å². The van der Waals surface area contributed by atoms with Gasteiger partial charge in [0.05, 0.1) is 13.2 Å². The first kappa shape index (κ1) is 13.4. The van der Waals surface area contributed by atoms with Gasteiger partial charge >= 0.3 is 0 Å². The first-order valence-electron chi connectivity index (χ1n) is 6.01. The van der Waals surface area contributed by atoms with Crippen LogP contribution in [0.25, 0.3) is 0 Å². The van der Waals surface area contributed by atoms with Gasteiger partial charge < -0.3 is 19.5 Å². The van der Waals surface area contributed by atoms with Gasteiger partial charge in [-0.15, -0.1) is 0 Å².